The Hall–Kier alpha value is -2.67. The summed E-state index contributed by atoms with van der Waals surface area (Å²) in [5.41, 5.74) is 3.58. The maximum Gasteiger partial charge on any atom is 0.148 e. The minimum atomic E-state index is -0.0414. The maximum absolute atomic E-state index is 5.93. The molecule has 3 heterocycles. The van der Waals surface area contributed by atoms with Crippen LogP contribution in [0.3, 0.4) is 0 Å². The van der Waals surface area contributed by atoms with Crippen LogP contribution in [-0.2, 0) is 11.8 Å². The third-order valence-corrected chi connectivity index (χ3v) is 4.61. The summed E-state index contributed by atoms with van der Waals surface area (Å²) >= 11 is 0. The van der Waals surface area contributed by atoms with Crippen LogP contribution in [-0.4, -0.2) is 39.5 Å². The summed E-state index contributed by atoms with van der Waals surface area (Å²) in [6, 6.07) is 7.86. The number of methoxy groups -OCH3 is 1. The fourth-order valence-electron chi connectivity index (χ4n) is 3.25. The van der Waals surface area contributed by atoms with Crippen molar-refractivity contribution >= 4 is 16.9 Å². The van der Waals surface area contributed by atoms with E-state index in [4.69, 9.17) is 14.5 Å². The van der Waals surface area contributed by atoms with Crippen LogP contribution in [0, 0.1) is 6.92 Å². The lowest BCUT2D eigenvalue weighted by Gasteiger charge is -2.21. The van der Waals surface area contributed by atoms with Crippen molar-refractivity contribution in [1.82, 2.24) is 19.7 Å². The quantitative estimate of drug-likeness (QED) is 0.788. The van der Waals surface area contributed by atoms with E-state index in [-0.39, 0.29) is 12.1 Å². The summed E-state index contributed by atoms with van der Waals surface area (Å²) in [5.74, 6) is 1.57. The molecule has 0 radical (unpaired) electrons. The Kier molecular flexibility index (Phi) is 4.01. The SMILES string of the molecule is COc1ccc2nc(N[C@H]3CCO[C@@H]3c3ccnn3C)c(C)nc2c1. The zero-order chi connectivity index (χ0) is 17.4. The van der Waals surface area contributed by atoms with Gasteiger partial charge in [-0.25, -0.2) is 9.97 Å². The number of benzene rings is 1. The molecule has 7 nitrogen and oxygen atoms in total. The highest BCUT2D eigenvalue weighted by molar-refractivity contribution is 5.78. The van der Waals surface area contributed by atoms with Crippen LogP contribution in [0.2, 0.25) is 0 Å². The fourth-order valence-corrected chi connectivity index (χ4v) is 3.25. The van der Waals surface area contributed by atoms with E-state index in [9.17, 15) is 0 Å². The van der Waals surface area contributed by atoms with Crippen LogP contribution >= 0.6 is 0 Å². The predicted octanol–water partition coefficient (Wildman–Crippen LogP) is 2.62. The topological polar surface area (TPSA) is 74.1 Å². The second-order valence-electron chi connectivity index (χ2n) is 6.22. The third kappa shape index (κ3) is 2.91. The Morgan fingerprint density at radius 2 is 2.12 bits per heavy atom. The summed E-state index contributed by atoms with van der Waals surface area (Å²) in [7, 11) is 3.58. The lowest BCUT2D eigenvalue weighted by atomic mass is 10.1. The molecule has 25 heavy (non-hydrogen) atoms. The largest absolute Gasteiger partial charge is 0.497 e. The van der Waals surface area contributed by atoms with Crippen LogP contribution < -0.4 is 10.1 Å². The summed E-state index contributed by atoms with van der Waals surface area (Å²) in [6.07, 6.45) is 2.67. The van der Waals surface area contributed by atoms with Gasteiger partial charge in [-0.1, -0.05) is 0 Å². The highest BCUT2D eigenvalue weighted by Gasteiger charge is 2.32. The van der Waals surface area contributed by atoms with Gasteiger partial charge in [0.05, 0.1) is 35.6 Å². The number of hydrogen-bond acceptors (Lipinski definition) is 6. The molecule has 1 aliphatic rings. The van der Waals surface area contributed by atoms with Crippen LogP contribution in [0.4, 0.5) is 5.82 Å². The number of fused-ring (bicyclic) bond motifs is 1. The number of aromatic nitrogens is 4. The predicted molar refractivity (Wildman–Crippen MR) is 94.8 cm³/mol. The zero-order valence-corrected chi connectivity index (χ0v) is 14.6. The molecule has 0 unspecified atom stereocenters. The minimum Gasteiger partial charge on any atom is -0.497 e. The summed E-state index contributed by atoms with van der Waals surface area (Å²) < 4.78 is 13.0. The molecule has 1 N–H and O–H groups in total. The van der Waals surface area contributed by atoms with Gasteiger partial charge >= 0.3 is 0 Å². The Labute approximate surface area is 146 Å². The smallest absolute Gasteiger partial charge is 0.148 e. The van der Waals surface area contributed by atoms with Crippen LogP contribution in [0.25, 0.3) is 11.0 Å². The third-order valence-electron chi connectivity index (χ3n) is 4.61. The van der Waals surface area contributed by atoms with Crippen molar-refractivity contribution in [3.63, 3.8) is 0 Å². The zero-order valence-electron chi connectivity index (χ0n) is 14.6. The molecule has 0 aliphatic carbocycles. The molecular formula is C18H21N5O2. The van der Waals surface area contributed by atoms with E-state index in [1.807, 2.05) is 42.9 Å². The maximum atomic E-state index is 5.93. The van der Waals surface area contributed by atoms with Crippen molar-refractivity contribution in [3.8, 4) is 5.75 Å². The first-order valence-electron chi connectivity index (χ1n) is 8.34. The van der Waals surface area contributed by atoms with Gasteiger partial charge in [-0.05, 0) is 31.5 Å². The van der Waals surface area contributed by atoms with Gasteiger partial charge in [0.15, 0.2) is 0 Å². The van der Waals surface area contributed by atoms with Crippen molar-refractivity contribution < 1.29 is 9.47 Å². The highest BCUT2D eigenvalue weighted by atomic mass is 16.5. The highest BCUT2D eigenvalue weighted by Crippen LogP contribution is 2.31. The van der Waals surface area contributed by atoms with Gasteiger partial charge in [-0.15, -0.1) is 0 Å². The minimum absolute atomic E-state index is 0.0414. The Balaban J connectivity index is 1.63. The molecule has 7 heteroatoms. The molecule has 0 spiro atoms. The van der Waals surface area contributed by atoms with Crippen LogP contribution in [0.1, 0.15) is 23.9 Å². The molecular weight excluding hydrogens is 318 g/mol. The van der Waals surface area contributed by atoms with E-state index in [2.05, 4.69) is 15.4 Å². The lowest BCUT2D eigenvalue weighted by Crippen LogP contribution is -2.26. The number of aryl methyl sites for hydroxylation is 2. The van der Waals surface area contributed by atoms with Gasteiger partial charge in [-0.3, -0.25) is 4.68 Å². The molecule has 1 saturated heterocycles. The van der Waals surface area contributed by atoms with Gasteiger partial charge in [0.2, 0.25) is 0 Å². The van der Waals surface area contributed by atoms with Crippen molar-refractivity contribution in [3.05, 3.63) is 41.9 Å². The fraction of sp³-hybridized carbons (Fsp3) is 0.389. The van der Waals surface area contributed by atoms with Crippen molar-refractivity contribution in [1.29, 1.82) is 0 Å². The average Bonchev–Trinajstić information content (AvgIpc) is 3.23. The molecule has 4 rings (SSSR count). The first-order chi connectivity index (χ1) is 12.2. The average molecular weight is 339 g/mol. The van der Waals surface area contributed by atoms with Gasteiger partial charge in [0.1, 0.15) is 17.7 Å². The first-order valence-corrected chi connectivity index (χ1v) is 8.34. The standard InChI is InChI=1S/C18H21N5O2/c1-11-18(21-13-5-4-12(24-3)10-15(13)20-11)22-14-7-9-25-17(14)16-6-8-19-23(16)2/h4-6,8,10,14,17H,7,9H2,1-3H3,(H,21,22)/t14-,17-/m0/s1. The molecule has 1 aliphatic heterocycles. The van der Waals surface area contributed by atoms with E-state index >= 15 is 0 Å². The molecule has 3 aromatic rings. The molecule has 0 amide bonds. The number of ether oxygens (including phenoxy) is 2. The van der Waals surface area contributed by atoms with Crippen molar-refractivity contribution in [2.45, 2.75) is 25.5 Å². The molecule has 0 bridgehead atoms. The number of anilines is 1. The number of nitrogens with one attached hydrogen (secondary N) is 1. The Morgan fingerprint density at radius 3 is 2.88 bits per heavy atom. The number of rotatable bonds is 4. The molecule has 2 atom stereocenters. The van der Waals surface area contributed by atoms with Crippen molar-refractivity contribution in [2.75, 3.05) is 19.0 Å². The summed E-state index contributed by atoms with van der Waals surface area (Å²) in [4.78, 5) is 9.41. The monoisotopic (exact) mass is 339 g/mol. The number of hydrogen-bond donors (Lipinski definition) is 1. The number of nitrogens with zero attached hydrogens (tertiary/aromatic N) is 4. The molecule has 1 aromatic carbocycles. The van der Waals surface area contributed by atoms with Crippen LogP contribution in [0.5, 0.6) is 5.75 Å². The normalized spacial score (nSPS) is 20.1. The second-order valence-corrected chi connectivity index (χ2v) is 6.22. The molecule has 1 fully saturated rings. The summed E-state index contributed by atoms with van der Waals surface area (Å²) in [5, 5.41) is 7.77. The molecule has 2 aromatic heterocycles. The lowest BCUT2D eigenvalue weighted by molar-refractivity contribution is 0.101. The van der Waals surface area contributed by atoms with Gasteiger partial charge in [0.25, 0.3) is 0 Å². The Morgan fingerprint density at radius 1 is 1.24 bits per heavy atom. The molecule has 130 valence electrons. The van der Waals surface area contributed by atoms with E-state index in [0.29, 0.717) is 6.61 Å². The van der Waals surface area contributed by atoms with Gasteiger partial charge in [-0.2, -0.15) is 5.10 Å². The van der Waals surface area contributed by atoms with E-state index in [1.54, 1.807) is 13.3 Å². The van der Waals surface area contributed by atoms with Gasteiger partial charge in [0, 0.05) is 25.9 Å². The second kappa shape index (κ2) is 6.33. The van der Waals surface area contributed by atoms with Gasteiger partial charge < -0.3 is 14.8 Å². The van der Waals surface area contributed by atoms with Crippen LogP contribution in [0.15, 0.2) is 30.5 Å². The molecule has 0 saturated carbocycles. The summed E-state index contributed by atoms with van der Waals surface area (Å²) in [6.45, 7) is 2.67. The first kappa shape index (κ1) is 15.8. The Bertz CT molecular complexity index is 908. The van der Waals surface area contributed by atoms with E-state index < -0.39 is 0 Å². The van der Waals surface area contributed by atoms with Crippen molar-refractivity contribution in [2.24, 2.45) is 7.05 Å². The van der Waals surface area contributed by atoms with E-state index in [1.165, 1.54) is 0 Å². The van der Waals surface area contributed by atoms with E-state index in [0.717, 1.165) is 40.4 Å².